The molecule has 0 spiro atoms. The van der Waals surface area contributed by atoms with Gasteiger partial charge in [0.2, 0.25) is 0 Å². The molecule has 0 aliphatic rings. The predicted molar refractivity (Wildman–Crippen MR) is 102 cm³/mol. The van der Waals surface area contributed by atoms with Crippen LogP contribution in [0.2, 0.25) is 0 Å². The van der Waals surface area contributed by atoms with Crippen LogP contribution >= 0.6 is 0 Å². The number of benzene rings is 2. The molecule has 1 atom stereocenters. The first kappa shape index (κ1) is 18.9. The summed E-state index contributed by atoms with van der Waals surface area (Å²) in [7, 11) is 3.24. The predicted octanol–water partition coefficient (Wildman–Crippen LogP) is 1.55. The van der Waals surface area contributed by atoms with Crippen LogP contribution in [0, 0.1) is 0 Å². The van der Waals surface area contributed by atoms with Gasteiger partial charge in [0.1, 0.15) is 24.0 Å². The summed E-state index contributed by atoms with van der Waals surface area (Å²) in [5, 5.41) is 24.0. The Hall–Kier alpha value is -2.84. The normalized spacial score (nSPS) is 12.1. The van der Waals surface area contributed by atoms with Crippen LogP contribution in [0.25, 0.3) is 11.0 Å². The van der Waals surface area contributed by atoms with E-state index in [0.29, 0.717) is 29.3 Å². The van der Waals surface area contributed by atoms with Gasteiger partial charge in [-0.25, -0.2) is 0 Å². The highest BCUT2D eigenvalue weighted by molar-refractivity contribution is 5.80. The zero-order valence-corrected chi connectivity index (χ0v) is 15.4. The highest BCUT2D eigenvalue weighted by Crippen LogP contribution is 2.27. The van der Waals surface area contributed by atoms with Gasteiger partial charge in [0.05, 0.1) is 14.2 Å². The van der Waals surface area contributed by atoms with E-state index in [9.17, 15) is 5.11 Å². The third kappa shape index (κ3) is 4.87. The molecule has 3 aromatic rings. The van der Waals surface area contributed by atoms with Crippen LogP contribution in [0.1, 0.15) is 5.56 Å². The second-order valence-electron chi connectivity index (χ2n) is 6.06. The van der Waals surface area contributed by atoms with Crippen molar-refractivity contribution in [3.63, 3.8) is 0 Å². The summed E-state index contributed by atoms with van der Waals surface area (Å²) in [5.74, 6) is 2.03. The van der Waals surface area contributed by atoms with E-state index in [4.69, 9.17) is 14.2 Å². The molecular formula is C19H24N4O4. The van der Waals surface area contributed by atoms with Gasteiger partial charge in [0, 0.05) is 6.54 Å². The third-order valence-electron chi connectivity index (χ3n) is 4.16. The smallest absolute Gasteiger partial charge is 0.160 e. The molecule has 27 heavy (non-hydrogen) atoms. The number of para-hydroxylation sites is 1. The minimum Gasteiger partial charge on any atom is -0.493 e. The molecule has 0 fully saturated rings. The molecule has 1 aromatic heterocycles. The molecule has 144 valence electrons. The summed E-state index contributed by atoms with van der Waals surface area (Å²) in [6.45, 7) is 1.34. The van der Waals surface area contributed by atoms with Crippen molar-refractivity contribution in [1.82, 2.24) is 20.7 Å². The van der Waals surface area contributed by atoms with Crippen molar-refractivity contribution in [3.05, 3.63) is 42.0 Å². The molecule has 0 saturated heterocycles. The number of methoxy groups -OCH3 is 2. The molecular weight excluding hydrogens is 348 g/mol. The molecule has 1 heterocycles. The SMILES string of the molecule is COc1ccc(CCNCC(O)COc2cccc3n[nH]nc23)cc1OC. The summed E-state index contributed by atoms with van der Waals surface area (Å²) in [6.07, 6.45) is 0.184. The van der Waals surface area contributed by atoms with Gasteiger partial charge in [-0.3, -0.25) is 0 Å². The Bertz CT molecular complexity index is 868. The van der Waals surface area contributed by atoms with Crippen LogP contribution < -0.4 is 19.5 Å². The molecule has 2 aromatic carbocycles. The van der Waals surface area contributed by atoms with Crippen molar-refractivity contribution in [1.29, 1.82) is 0 Å². The molecule has 0 radical (unpaired) electrons. The second-order valence-corrected chi connectivity index (χ2v) is 6.06. The number of ether oxygens (including phenoxy) is 3. The fourth-order valence-corrected chi connectivity index (χ4v) is 2.74. The zero-order valence-electron chi connectivity index (χ0n) is 15.4. The van der Waals surface area contributed by atoms with Gasteiger partial charge in [-0.15, -0.1) is 0 Å². The van der Waals surface area contributed by atoms with Gasteiger partial charge in [-0.2, -0.15) is 15.4 Å². The maximum Gasteiger partial charge on any atom is 0.160 e. The standard InChI is InChI=1S/C19H24N4O4/c1-25-16-7-6-13(10-18(16)26-2)8-9-20-11-14(24)12-27-17-5-3-4-15-19(17)22-23-21-15/h3-7,10,14,20,24H,8-9,11-12H2,1-2H3,(H,21,22,23). The summed E-state index contributed by atoms with van der Waals surface area (Å²) in [5.41, 5.74) is 2.52. The van der Waals surface area contributed by atoms with Crippen LogP contribution in [0.15, 0.2) is 36.4 Å². The quantitative estimate of drug-likeness (QED) is 0.464. The number of nitrogens with zero attached hydrogens (tertiary/aromatic N) is 2. The van der Waals surface area contributed by atoms with Crippen molar-refractivity contribution in [2.24, 2.45) is 0 Å². The molecule has 3 N–H and O–H groups in total. The lowest BCUT2D eigenvalue weighted by Crippen LogP contribution is -2.32. The molecule has 0 bridgehead atoms. The lowest BCUT2D eigenvalue weighted by atomic mass is 10.1. The highest BCUT2D eigenvalue weighted by Gasteiger charge is 2.10. The lowest BCUT2D eigenvalue weighted by molar-refractivity contribution is 0.107. The fourth-order valence-electron chi connectivity index (χ4n) is 2.74. The van der Waals surface area contributed by atoms with Crippen LogP contribution in [0.5, 0.6) is 17.2 Å². The Kier molecular flexibility index (Phi) is 6.45. The number of nitrogens with one attached hydrogen (secondary N) is 2. The Morgan fingerprint density at radius 3 is 2.74 bits per heavy atom. The van der Waals surface area contributed by atoms with Gasteiger partial charge in [-0.05, 0) is 42.8 Å². The number of aromatic amines is 1. The molecule has 8 nitrogen and oxygen atoms in total. The van der Waals surface area contributed by atoms with Crippen LogP contribution in [-0.4, -0.2) is 60.5 Å². The highest BCUT2D eigenvalue weighted by atomic mass is 16.5. The second kappa shape index (κ2) is 9.20. The van der Waals surface area contributed by atoms with E-state index in [2.05, 4.69) is 20.7 Å². The van der Waals surface area contributed by atoms with E-state index in [1.807, 2.05) is 36.4 Å². The maximum absolute atomic E-state index is 10.1. The largest absolute Gasteiger partial charge is 0.493 e. The first-order chi connectivity index (χ1) is 13.2. The van der Waals surface area contributed by atoms with Crippen molar-refractivity contribution in [3.8, 4) is 17.2 Å². The van der Waals surface area contributed by atoms with E-state index in [0.717, 1.165) is 24.0 Å². The topological polar surface area (TPSA) is 102 Å². The number of H-pyrrole nitrogens is 1. The summed E-state index contributed by atoms with van der Waals surface area (Å²) in [4.78, 5) is 0. The molecule has 3 rings (SSSR count). The first-order valence-corrected chi connectivity index (χ1v) is 8.73. The number of aromatic nitrogens is 3. The average molecular weight is 372 g/mol. The molecule has 1 unspecified atom stereocenters. The van der Waals surface area contributed by atoms with E-state index >= 15 is 0 Å². The van der Waals surface area contributed by atoms with Gasteiger partial charge < -0.3 is 24.6 Å². The molecule has 0 aliphatic heterocycles. The van der Waals surface area contributed by atoms with E-state index in [1.165, 1.54) is 0 Å². The van der Waals surface area contributed by atoms with E-state index < -0.39 is 6.10 Å². The number of hydrogen-bond donors (Lipinski definition) is 3. The van der Waals surface area contributed by atoms with E-state index in [1.54, 1.807) is 14.2 Å². The van der Waals surface area contributed by atoms with E-state index in [-0.39, 0.29) is 6.61 Å². The van der Waals surface area contributed by atoms with Crippen LogP contribution in [0.4, 0.5) is 0 Å². The monoisotopic (exact) mass is 372 g/mol. The number of fused-ring (bicyclic) bond motifs is 1. The first-order valence-electron chi connectivity index (χ1n) is 8.73. The molecule has 0 aliphatic carbocycles. The third-order valence-corrected chi connectivity index (χ3v) is 4.16. The maximum atomic E-state index is 10.1. The van der Waals surface area contributed by atoms with Crippen molar-refractivity contribution in [2.75, 3.05) is 33.9 Å². The summed E-state index contributed by atoms with van der Waals surface area (Å²) in [6, 6.07) is 11.3. The summed E-state index contributed by atoms with van der Waals surface area (Å²) >= 11 is 0. The average Bonchev–Trinajstić information content (AvgIpc) is 3.18. The number of aliphatic hydroxyl groups excluding tert-OH is 1. The number of hydrogen-bond acceptors (Lipinski definition) is 7. The number of aliphatic hydroxyl groups is 1. The summed E-state index contributed by atoms with van der Waals surface area (Å²) < 4.78 is 16.2. The van der Waals surface area contributed by atoms with Gasteiger partial charge >= 0.3 is 0 Å². The molecule has 0 amide bonds. The Labute approximate surface area is 157 Å². The number of rotatable bonds is 10. The minimum atomic E-state index is -0.627. The molecule has 8 heteroatoms. The van der Waals surface area contributed by atoms with Crippen LogP contribution in [0.3, 0.4) is 0 Å². The fraction of sp³-hybridized carbons (Fsp3) is 0.368. The zero-order chi connectivity index (χ0) is 19.1. The van der Waals surface area contributed by atoms with Crippen molar-refractivity contribution >= 4 is 11.0 Å². The van der Waals surface area contributed by atoms with Gasteiger partial charge in [0.25, 0.3) is 0 Å². The Morgan fingerprint density at radius 1 is 1.07 bits per heavy atom. The Morgan fingerprint density at radius 2 is 1.93 bits per heavy atom. The van der Waals surface area contributed by atoms with Crippen molar-refractivity contribution in [2.45, 2.75) is 12.5 Å². The van der Waals surface area contributed by atoms with Crippen molar-refractivity contribution < 1.29 is 19.3 Å². The van der Waals surface area contributed by atoms with Gasteiger partial charge in [0.15, 0.2) is 17.0 Å². The van der Waals surface area contributed by atoms with Crippen LogP contribution in [-0.2, 0) is 6.42 Å². The molecule has 0 saturated carbocycles. The van der Waals surface area contributed by atoms with Gasteiger partial charge in [-0.1, -0.05) is 12.1 Å². The Balaban J connectivity index is 1.41. The lowest BCUT2D eigenvalue weighted by Gasteiger charge is -2.14. The minimum absolute atomic E-state index is 0.176.